The maximum Gasteiger partial charge on any atom is 0.180 e. The van der Waals surface area contributed by atoms with Crippen molar-refractivity contribution in [1.29, 1.82) is 0 Å². The highest BCUT2D eigenvalue weighted by atomic mass is 35.5. The maximum absolute atomic E-state index is 6.51. The summed E-state index contributed by atoms with van der Waals surface area (Å²) in [5.41, 5.74) is 3.09. The minimum atomic E-state index is 0.435. The van der Waals surface area contributed by atoms with Gasteiger partial charge in [-0.05, 0) is 54.4 Å². The number of anilines is 1. The van der Waals surface area contributed by atoms with Crippen LogP contribution in [0.25, 0.3) is 0 Å². The highest BCUT2D eigenvalue weighted by Crippen LogP contribution is 2.37. The molecule has 0 unspecified atom stereocenters. The van der Waals surface area contributed by atoms with Crippen molar-refractivity contribution in [3.05, 3.63) is 82.9 Å². The summed E-state index contributed by atoms with van der Waals surface area (Å²) in [4.78, 5) is 0. The van der Waals surface area contributed by atoms with Gasteiger partial charge in [-0.2, -0.15) is 0 Å². The van der Waals surface area contributed by atoms with E-state index in [4.69, 9.17) is 25.8 Å². The normalized spacial score (nSPS) is 10.4. The Labute approximate surface area is 171 Å². The first-order valence-electron chi connectivity index (χ1n) is 9.19. The largest absolute Gasteiger partial charge is 0.497 e. The quantitative estimate of drug-likeness (QED) is 0.485. The molecule has 0 spiro atoms. The van der Waals surface area contributed by atoms with E-state index in [-0.39, 0.29) is 0 Å². The summed E-state index contributed by atoms with van der Waals surface area (Å²) in [5, 5.41) is 3.91. The van der Waals surface area contributed by atoms with Crippen molar-refractivity contribution in [2.24, 2.45) is 0 Å². The molecule has 0 amide bonds. The Kier molecular flexibility index (Phi) is 7.04. The van der Waals surface area contributed by atoms with E-state index in [1.54, 1.807) is 7.11 Å². The van der Waals surface area contributed by atoms with Crippen molar-refractivity contribution in [1.82, 2.24) is 0 Å². The third-order valence-electron chi connectivity index (χ3n) is 4.18. The first kappa shape index (κ1) is 19.9. The highest BCUT2D eigenvalue weighted by Gasteiger charge is 2.13. The van der Waals surface area contributed by atoms with E-state index in [1.165, 1.54) is 0 Å². The van der Waals surface area contributed by atoms with E-state index >= 15 is 0 Å². The zero-order valence-corrected chi connectivity index (χ0v) is 16.8. The molecule has 0 fully saturated rings. The summed E-state index contributed by atoms with van der Waals surface area (Å²) >= 11 is 6.51. The molecule has 0 aliphatic heterocycles. The van der Waals surface area contributed by atoms with Gasteiger partial charge in [-0.1, -0.05) is 41.9 Å². The van der Waals surface area contributed by atoms with Crippen LogP contribution in [-0.4, -0.2) is 13.7 Å². The molecular formula is C23H24ClNO3. The molecule has 0 aromatic heterocycles. The van der Waals surface area contributed by atoms with Crippen LogP contribution in [0.15, 0.2) is 66.7 Å². The van der Waals surface area contributed by atoms with Crippen LogP contribution in [0.2, 0.25) is 5.02 Å². The Bertz CT molecular complexity index is 882. The fourth-order valence-electron chi connectivity index (χ4n) is 2.77. The number of nitrogens with one attached hydrogen (secondary N) is 1. The molecule has 5 heteroatoms. The number of methoxy groups -OCH3 is 1. The lowest BCUT2D eigenvalue weighted by Gasteiger charge is -2.16. The van der Waals surface area contributed by atoms with Gasteiger partial charge in [-0.25, -0.2) is 0 Å². The van der Waals surface area contributed by atoms with Crippen LogP contribution in [0.1, 0.15) is 18.1 Å². The monoisotopic (exact) mass is 397 g/mol. The third kappa shape index (κ3) is 5.33. The van der Waals surface area contributed by atoms with Gasteiger partial charge < -0.3 is 19.5 Å². The Balaban J connectivity index is 1.71. The van der Waals surface area contributed by atoms with Gasteiger partial charge in [0, 0.05) is 12.2 Å². The van der Waals surface area contributed by atoms with Crippen molar-refractivity contribution in [2.45, 2.75) is 20.1 Å². The second-order valence-electron chi connectivity index (χ2n) is 6.19. The zero-order chi connectivity index (χ0) is 19.8. The average molecular weight is 398 g/mol. The summed E-state index contributed by atoms with van der Waals surface area (Å²) in [6.07, 6.45) is 0. The van der Waals surface area contributed by atoms with Crippen LogP contribution >= 0.6 is 11.6 Å². The summed E-state index contributed by atoms with van der Waals surface area (Å²) in [6.45, 7) is 3.53. The number of rotatable bonds is 9. The number of hydrogen-bond acceptors (Lipinski definition) is 4. The summed E-state index contributed by atoms with van der Waals surface area (Å²) in [6, 6.07) is 21.6. The molecule has 0 saturated heterocycles. The SMILES string of the molecule is CCOc1cc(CNc2ccc(OC)cc2)cc(Cl)c1OCc1ccccc1. The van der Waals surface area contributed by atoms with E-state index < -0.39 is 0 Å². The molecule has 3 aromatic rings. The van der Waals surface area contributed by atoms with Gasteiger partial charge in [-0.3, -0.25) is 0 Å². The zero-order valence-electron chi connectivity index (χ0n) is 16.1. The van der Waals surface area contributed by atoms with Crippen LogP contribution in [0.5, 0.6) is 17.2 Å². The lowest BCUT2D eigenvalue weighted by atomic mass is 10.2. The predicted molar refractivity (Wildman–Crippen MR) is 114 cm³/mol. The molecule has 3 aromatic carbocycles. The molecule has 0 heterocycles. The van der Waals surface area contributed by atoms with E-state index in [0.29, 0.717) is 36.3 Å². The predicted octanol–water partition coefficient (Wildman–Crippen LogP) is 5.94. The molecule has 3 rings (SSSR count). The summed E-state index contributed by atoms with van der Waals surface area (Å²) < 4.78 is 16.9. The molecule has 0 atom stereocenters. The van der Waals surface area contributed by atoms with Gasteiger partial charge in [0.1, 0.15) is 12.4 Å². The van der Waals surface area contributed by atoms with Gasteiger partial charge in [-0.15, -0.1) is 0 Å². The van der Waals surface area contributed by atoms with Gasteiger partial charge in [0.25, 0.3) is 0 Å². The molecular weight excluding hydrogens is 374 g/mol. The Morgan fingerprint density at radius 3 is 2.32 bits per heavy atom. The minimum absolute atomic E-state index is 0.435. The molecule has 0 aliphatic carbocycles. The Hall–Kier alpha value is -2.85. The Morgan fingerprint density at radius 1 is 0.893 bits per heavy atom. The Morgan fingerprint density at radius 2 is 1.64 bits per heavy atom. The second kappa shape index (κ2) is 9.90. The number of benzene rings is 3. The lowest BCUT2D eigenvalue weighted by molar-refractivity contribution is 0.269. The topological polar surface area (TPSA) is 39.7 Å². The van der Waals surface area contributed by atoms with Gasteiger partial charge in [0.05, 0.1) is 18.7 Å². The van der Waals surface area contributed by atoms with Crippen LogP contribution in [0.3, 0.4) is 0 Å². The number of hydrogen-bond donors (Lipinski definition) is 1. The second-order valence-corrected chi connectivity index (χ2v) is 6.60. The fourth-order valence-corrected chi connectivity index (χ4v) is 3.06. The van der Waals surface area contributed by atoms with Gasteiger partial charge in [0.15, 0.2) is 11.5 Å². The first-order chi connectivity index (χ1) is 13.7. The first-order valence-corrected chi connectivity index (χ1v) is 9.57. The van der Waals surface area contributed by atoms with Gasteiger partial charge in [0.2, 0.25) is 0 Å². The van der Waals surface area contributed by atoms with E-state index in [9.17, 15) is 0 Å². The van der Waals surface area contributed by atoms with Crippen LogP contribution in [0.4, 0.5) is 5.69 Å². The van der Waals surface area contributed by atoms with Crippen LogP contribution < -0.4 is 19.5 Å². The van der Waals surface area contributed by atoms with Crippen molar-refractivity contribution in [3.8, 4) is 17.2 Å². The third-order valence-corrected chi connectivity index (χ3v) is 4.46. The molecule has 28 heavy (non-hydrogen) atoms. The molecule has 4 nitrogen and oxygen atoms in total. The average Bonchev–Trinajstić information content (AvgIpc) is 2.73. The van der Waals surface area contributed by atoms with E-state index in [0.717, 1.165) is 22.6 Å². The highest BCUT2D eigenvalue weighted by molar-refractivity contribution is 6.32. The fraction of sp³-hybridized carbons (Fsp3) is 0.217. The molecule has 0 aliphatic rings. The lowest BCUT2D eigenvalue weighted by Crippen LogP contribution is -2.04. The van der Waals surface area contributed by atoms with Crippen LogP contribution in [0, 0.1) is 0 Å². The molecule has 0 bridgehead atoms. The van der Waals surface area contributed by atoms with Gasteiger partial charge >= 0.3 is 0 Å². The molecule has 146 valence electrons. The van der Waals surface area contributed by atoms with Crippen molar-refractivity contribution in [3.63, 3.8) is 0 Å². The van der Waals surface area contributed by atoms with Crippen molar-refractivity contribution in [2.75, 3.05) is 19.0 Å². The smallest absolute Gasteiger partial charge is 0.180 e. The molecule has 0 radical (unpaired) electrons. The summed E-state index contributed by atoms with van der Waals surface area (Å²) in [7, 11) is 1.65. The number of halogens is 1. The van der Waals surface area contributed by atoms with Crippen LogP contribution in [-0.2, 0) is 13.2 Å². The van der Waals surface area contributed by atoms with Crippen molar-refractivity contribution >= 4 is 17.3 Å². The molecule has 0 saturated carbocycles. The van der Waals surface area contributed by atoms with Crippen molar-refractivity contribution < 1.29 is 14.2 Å². The minimum Gasteiger partial charge on any atom is -0.497 e. The van der Waals surface area contributed by atoms with E-state index in [2.05, 4.69) is 5.32 Å². The summed E-state index contributed by atoms with van der Waals surface area (Å²) in [5.74, 6) is 2.05. The standard InChI is InChI=1S/C23H24ClNO3/c1-3-27-22-14-18(15-25-19-9-11-20(26-2)12-10-19)13-21(24)23(22)28-16-17-7-5-4-6-8-17/h4-14,25H,3,15-16H2,1-2H3. The maximum atomic E-state index is 6.51. The molecule has 1 N–H and O–H groups in total. The van der Waals surface area contributed by atoms with E-state index in [1.807, 2.05) is 73.7 Å². The number of ether oxygens (including phenoxy) is 3.